The van der Waals surface area contributed by atoms with Gasteiger partial charge in [-0.2, -0.15) is 4.91 Å². The lowest BCUT2D eigenvalue weighted by atomic mass is 10.1. The molecule has 58 valence electrons. The number of aliphatic hydroxyl groups is 1. The first-order chi connectivity index (χ1) is 5.38. The van der Waals surface area contributed by atoms with Crippen molar-refractivity contribution < 1.29 is 5.11 Å². The minimum absolute atomic E-state index is 0.0360. The monoisotopic (exact) mass is 151 g/mol. The maximum absolute atomic E-state index is 9.91. The van der Waals surface area contributed by atoms with Gasteiger partial charge < -0.3 is 5.11 Å². The van der Waals surface area contributed by atoms with Crippen LogP contribution in [0, 0.1) is 4.91 Å². The summed E-state index contributed by atoms with van der Waals surface area (Å²) in [4.78, 5) is 9.91. The van der Waals surface area contributed by atoms with E-state index in [1.807, 2.05) is 12.1 Å². The fourth-order valence-electron chi connectivity index (χ4n) is 0.936. The summed E-state index contributed by atoms with van der Waals surface area (Å²) in [7, 11) is 0. The lowest BCUT2D eigenvalue weighted by molar-refractivity contribution is 0.280. The number of rotatable bonds is 3. The zero-order chi connectivity index (χ0) is 8.10. The highest BCUT2D eigenvalue weighted by Crippen LogP contribution is 2.09. The largest absolute Gasteiger partial charge is 0.392 e. The molecule has 0 aliphatic carbocycles. The van der Waals surface area contributed by atoms with Gasteiger partial charge in [0.15, 0.2) is 0 Å². The van der Waals surface area contributed by atoms with Crippen molar-refractivity contribution in [2.24, 2.45) is 5.18 Å². The fraction of sp³-hybridized carbons (Fsp3) is 0.250. The molecule has 0 aromatic heterocycles. The third-order valence-corrected chi connectivity index (χ3v) is 1.52. The maximum Gasteiger partial charge on any atom is 0.106 e. The second kappa shape index (κ2) is 3.83. The average molecular weight is 151 g/mol. The Morgan fingerprint density at radius 3 is 2.45 bits per heavy atom. The Balaban J connectivity index is 2.92. The number of hydrogen-bond acceptors (Lipinski definition) is 3. The van der Waals surface area contributed by atoms with E-state index in [1.54, 1.807) is 12.1 Å². The SMILES string of the molecule is O=NCc1ccccc1CO. The van der Waals surface area contributed by atoms with E-state index in [2.05, 4.69) is 5.18 Å². The van der Waals surface area contributed by atoms with Crippen molar-refractivity contribution in [3.8, 4) is 0 Å². The summed E-state index contributed by atoms with van der Waals surface area (Å²) in [6.07, 6.45) is 0. The predicted octanol–water partition coefficient (Wildman–Crippen LogP) is 1.45. The summed E-state index contributed by atoms with van der Waals surface area (Å²) in [6.45, 7) is 0.0996. The summed E-state index contributed by atoms with van der Waals surface area (Å²) in [5.74, 6) is 0. The highest BCUT2D eigenvalue weighted by atomic mass is 16.3. The van der Waals surface area contributed by atoms with Crippen molar-refractivity contribution in [1.82, 2.24) is 0 Å². The molecule has 0 aliphatic rings. The Bertz CT molecular complexity index is 248. The van der Waals surface area contributed by atoms with Gasteiger partial charge in [0, 0.05) is 0 Å². The Hall–Kier alpha value is -1.22. The second-order valence-electron chi connectivity index (χ2n) is 2.21. The van der Waals surface area contributed by atoms with Gasteiger partial charge in [-0.3, -0.25) is 0 Å². The highest BCUT2D eigenvalue weighted by Gasteiger charge is 1.98. The van der Waals surface area contributed by atoms with Crippen molar-refractivity contribution in [3.05, 3.63) is 40.3 Å². The molecule has 0 spiro atoms. The Kier molecular flexibility index (Phi) is 2.74. The van der Waals surface area contributed by atoms with E-state index in [1.165, 1.54) is 0 Å². The molecule has 0 bridgehead atoms. The Morgan fingerprint density at radius 1 is 1.27 bits per heavy atom. The second-order valence-corrected chi connectivity index (χ2v) is 2.21. The normalized spacial score (nSPS) is 9.55. The first kappa shape index (κ1) is 7.88. The molecule has 0 saturated heterocycles. The average Bonchev–Trinajstić information content (AvgIpc) is 2.06. The molecule has 1 rings (SSSR count). The van der Waals surface area contributed by atoms with E-state index >= 15 is 0 Å². The van der Waals surface area contributed by atoms with Gasteiger partial charge in [-0.15, -0.1) is 0 Å². The van der Waals surface area contributed by atoms with Crippen LogP contribution in [0.1, 0.15) is 11.1 Å². The molecular weight excluding hydrogens is 142 g/mol. The fourth-order valence-corrected chi connectivity index (χ4v) is 0.936. The van der Waals surface area contributed by atoms with Crippen LogP contribution in [0.3, 0.4) is 0 Å². The van der Waals surface area contributed by atoms with Crippen molar-refractivity contribution >= 4 is 0 Å². The van der Waals surface area contributed by atoms with Gasteiger partial charge in [0.1, 0.15) is 6.54 Å². The summed E-state index contributed by atoms with van der Waals surface area (Å²) in [5.41, 5.74) is 1.57. The number of nitrogens with zero attached hydrogens (tertiary/aromatic N) is 1. The van der Waals surface area contributed by atoms with E-state index in [9.17, 15) is 4.91 Å². The van der Waals surface area contributed by atoms with Crippen molar-refractivity contribution in [3.63, 3.8) is 0 Å². The van der Waals surface area contributed by atoms with E-state index in [0.717, 1.165) is 11.1 Å². The topological polar surface area (TPSA) is 49.7 Å². The minimum atomic E-state index is -0.0360. The molecule has 3 heteroatoms. The number of hydrogen-bond donors (Lipinski definition) is 1. The molecule has 0 fully saturated rings. The zero-order valence-electron chi connectivity index (χ0n) is 6.03. The van der Waals surface area contributed by atoms with E-state index in [4.69, 9.17) is 5.11 Å². The standard InChI is InChI=1S/C8H9NO2/c10-6-8-4-2-1-3-7(8)5-9-11/h1-4,10H,5-6H2. The molecular formula is C8H9NO2. The van der Waals surface area contributed by atoms with Gasteiger partial charge in [0.05, 0.1) is 6.61 Å². The van der Waals surface area contributed by atoms with Crippen molar-refractivity contribution in [2.45, 2.75) is 13.2 Å². The molecule has 0 radical (unpaired) electrons. The Morgan fingerprint density at radius 2 is 1.91 bits per heavy atom. The molecule has 1 aromatic rings. The minimum Gasteiger partial charge on any atom is -0.392 e. The van der Waals surface area contributed by atoms with Crippen LogP contribution in [0.2, 0.25) is 0 Å². The van der Waals surface area contributed by atoms with E-state index < -0.39 is 0 Å². The molecule has 0 atom stereocenters. The lowest BCUT2D eigenvalue weighted by Gasteiger charge is -2.00. The molecule has 11 heavy (non-hydrogen) atoms. The smallest absolute Gasteiger partial charge is 0.106 e. The van der Waals surface area contributed by atoms with Crippen molar-refractivity contribution in [2.75, 3.05) is 0 Å². The van der Waals surface area contributed by atoms with Gasteiger partial charge in [-0.1, -0.05) is 29.4 Å². The zero-order valence-corrected chi connectivity index (χ0v) is 6.03. The van der Waals surface area contributed by atoms with Crippen LogP contribution in [0.15, 0.2) is 29.4 Å². The summed E-state index contributed by atoms with van der Waals surface area (Å²) in [5, 5.41) is 11.6. The van der Waals surface area contributed by atoms with E-state index in [0.29, 0.717) is 0 Å². The molecule has 1 N–H and O–H groups in total. The van der Waals surface area contributed by atoms with Gasteiger partial charge in [-0.05, 0) is 11.1 Å². The molecule has 0 heterocycles. The number of benzene rings is 1. The van der Waals surface area contributed by atoms with E-state index in [-0.39, 0.29) is 13.2 Å². The molecule has 0 unspecified atom stereocenters. The van der Waals surface area contributed by atoms with Gasteiger partial charge in [0.2, 0.25) is 0 Å². The van der Waals surface area contributed by atoms with Gasteiger partial charge in [-0.25, -0.2) is 0 Å². The summed E-state index contributed by atoms with van der Waals surface area (Å²) in [6, 6.07) is 7.20. The third-order valence-electron chi connectivity index (χ3n) is 1.52. The van der Waals surface area contributed by atoms with Crippen LogP contribution in [-0.4, -0.2) is 5.11 Å². The van der Waals surface area contributed by atoms with Crippen LogP contribution in [0.25, 0.3) is 0 Å². The van der Waals surface area contributed by atoms with Crippen molar-refractivity contribution in [1.29, 1.82) is 0 Å². The summed E-state index contributed by atoms with van der Waals surface area (Å²) < 4.78 is 0. The lowest BCUT2D eigenvalue weighted by Crippen LogP contribution is -1.90. The quantitative estimate of drug-likeness (QED) is 0.664. The molecule has 3 nitrogen and oxygen atoms in total. The van der Waals surface area contributed by atoms with Crippen LogP contribution in [0.5, 0.6) is 0 Å². The van der Waals surface area contributed by atoms with Gasteiger partial charge in [0.25, 0.3) is 0 Å². The predicted molar refractivity (Wildman–Crippen MR) is 41.9 cm³/mol. The maximum atomic E-state index is 9.91. The third kappa shape index (κ3) is 1.85. The van der Waals surface area contributed by atoms with Crippen LogP contribution in [0.4, 0.5) is 0 Å². The van der Waals surface area contributed by atoms with Crippen LogP contribution < -0.4 is 0 Å². The van der Waals surface area contributed by atoms with Gasteiger partial charge >= 0.3 is 0 Å². The number of aliphatic hydroxyl groups excluding tert-OH is 1. The molecule has 0 aliphatic heterocycles. The molecule has 0 saturated carbocycles. The first-order valence-corrected chi connectivity index (χ1v) is 3.35. The molecule has 0 amide bonds. The highest BCUT2D eigenvalue weighted by molar-refractivity contribution is 5.26. The Labute approximate surface area is 64.7 Å². The molecule has 1 aromatic carbocycles. The number of nitroso groups, excluding NO2 is 1. The first-order valence-electron chi connectivity index (χ1n) is 3.35. The summed E-state index contributed by atoms with van der Waals surface area (Å²) >= 11 is 0. The van der Waals surface area contributed by atoms with Crippen LogP contribution >= 0.6 is 0 Å². The van der Waals surface area contributed by atoms with Crippen LogP contribution in [-0.2, 0) is 13.2 Å².